The average Bonchev–Trinajstić information content (AvgIpc) is 2.69. The minimum absolute atomic E-state index is 0.147. The van der Waals surface area contributed by atoms with Gasteiger partial charge in [0.15, 0.2) is 0 Å². The van der Waals surface area contributed by atoms with E-state index in [4.69, 9.17) is 0 Å². The van der Waals surface area contributed by atoms with Crippen LogP contribution in [0.4, 0.5) is 18.9 Å². The lowest BCUT2D eigenvalue weighted by Crippen LogP contribution is -2.46. The lowest BCUT2D eigenvalue weighted by atomic mass is 10.1. The minimum atomic E-state index is -4.84. The van der Waals surface area contributed by atoms with Crippen molar-refractivity contribution in [1.82, 2.24) is 9.62 Å². The summed E-state index contributed by atoms with van der Waals surface area (Å²) in [6.45, 7) is 1.27. The second-order valence-corrected chi connectivity index (χ2v) is 8.82. The maximum atomic E-state index is 12.5. The number of para-hydroxylation sites is 1. The number of ether oxygens (including phenoxy) is 1. The molecule has 1 aliphatic rings. The SMILES string of the molecule is O=C(CN1CCC(NS(=O)(=O)c2ccc(OC(F)(F)F)cc2)CC1)Nc1ccccc1. The molecule has 1 fully saturated rings. The van der Waals surface area contributed by atoms with Crippen LogP contribution in [0.1, 0.15) is 12.8 Å². The largest absolute Gasteiger partial charge is 0.573 e. The molecule has 0 bridgehead atoms. The van der Waals surface area contributed by atoms with Crippen molar-refractivity contribution in [2.75, 3.05) is 25.0 Å². The van der Waals surface area contributed by atoms with E-state index in [1.807, 2.05) is 23.1 Å². The lowest BCUT2D eigenvalue weighted by molar-refractivity contribution is -0.274. The molecule has 2 aromatic rings. The highest BCUT2D eigenvalue weighted by molar-refractivity contribution is 7.89. The third kappa shape index (κ3) is 7.23. The van der Waals surface area contributed by atoms with E-state index in [0.717, 1.165) is 24.3 Å². The summed E-state index contributed by atoms with van der Waals surface area (Å²) in [5.41, 5.74) is 0.710. The Kier molecular flexibility index (Phi) is 7.19. The van der Waals surface area contributed by atoms with Crippen LogP contribution in [0.15, 0.2) is 59.5 Å². The number of alkyl halides is 3. The number of carbonyl (C=O) groups excluding carboxylic acids is 1. The third-order valence-electron chi connectivity index (χ3n) is 4.70. The fourth-order valence-corrected chi connectivity index (χ4v) is 4.55. The zero-order valence-electron chi connectivity index (χ0n) is 16.4. The van der Waals surface area contributed by atoms with Crippen molar-refractivity contribution in [2.45, 2.75) is 30.1 Å². The van der Waals surface area contributed by atoms with Crippen molar-refractivity contribution < 1.29 is 31.1 Å². The molecule has 0 unspecified atom stereocenters. The van der Waals surface area contributed by atoms with Gasteiger partial charge in [-0.05, 0) is 49.2 Å². The van der Waals surface area contributed by atoms with Gasteiger partial charge in [0, 0.05) is 24.8 Å². The van der Waals surface area contributed by atoms with Crippen molar-refractivity contribution in [3.05, 3.63) is 54.6 Å². The molecule has 3 rings (SSSR count). The summed E-state index contributed by atoms with van der Waals surface area (Å²) >= 11 is 0. The summed E-state index contributed by atoms with van der Waals surface area (Å²) in [5.74, 6) is -0.639. The van der Waals surface area contributed by atoms with Gasteiger partial charge < -0.3 is 10.1 Å². The van der Waals surface area contributed by atoms with E-state index >= 15 is 0 Å². The smallest absolute Gasteiger partial charge is 0.406 e. The molecular formula is C20H22F3N3O4S. The molecule has 1 aliphatic heterocycles. The number of rotatable bonds is 7. The van der Waals surface area contributed by atoms with E-state index in [0.29, 0.717) is 31.6 Å². The number of piperidine rings is 1. The Hall–Kier alpha value is -2.63. The summed E-state index contributed by atoms with van der Waals surface area (Å²) in [6.07, 6.45) is -3.83. The van der Waals surface area contributed by atoms with Crippen molar-refractivity contribution in [3.8, 4) is 5.75 Å². The molecule has 0 saturated carbocycles. The molecule has 0 aliphatic carbocycles. The molecule has 2 N–H and O–H groups in total. The van der Waals surface area contributed by atoms with Crippen molar-refractivity contribution in [1.29, 1.82) is 0 Å². The molecule has 0 atom stereocenters. The summed E-state index contributed by atoms with van der Waals surface area (Å²) in [7, 11) is -3.89. The Labute approximate surface area is 178 Å². The van der Waals surface area contributed by atoms with E-state index in [-0.39, 0.29) is 23.4 Å². The maximum Gasteiger partial charge on any atom is 0.573 e. The molecule has 0 radical (unpaired) electrons. The average molecular weight is 457 g/mol. The highest BCUT2D eigenvalue weighted by Gasteiger charge is 2.31. The van der Waals surface area contributed by atoms with Crippen molar-refractivity contribution in [3.63, 3.8) is 0 Å². The van der Waals surface area contributed by atoms with Gasteiger partial charge in [-0.15, -0.1) is 13.2 Å². The van der Waals surface area contributed by atoms with Gasteiger partial charge in [-0.2, -0.15) is 0 Å². The first-order valence-electron chi connectivity index (χ1n) is 9.56. The van der Waals surface area contributed by atoms with Gasteiger partial charge in [0.1, 0.15) is 5.75 Å². The van der Waals surface area contributed by atoms with Crippen LogP contribution in [0.3, 0.4) is 0 Å². The molecular weight excluding hydrogens is 435 g/mol. The zero-order chi connectivity index (χ0) is 22.5. The monoisotopic (exact) mass is 457 g/mol. The van der Waals surface area contributed by atoms with E-state index in [1.54, 1.807) is 12.1 Å². The predicted molar refractivity (Wildman–Crippen MR) is 108 cm³/mol. The summed E-state index contributed by atoms with van der Waals surface area (Å²) in [6, 6.07) is 12.8. The number of anilines is 1. The number of likely N-dealkylation sites (tertiary alicyclic amines) is 1. The number of carbonyl (C=O) groups is 1. The molecule has 11 heteroatoms. The van der Waals surface area contributed by atoms with Crippen LogP contribution in [0.5, 0.6) is 5.75 Å². The highest BCUT2D eigenvalue weighted by atomic mass is 32.2. The minimum Gasteiger partial charge on any atom is -0.406 e. The number of hydrogen-bond donors (Lipinski definition) is 2. The van der Waals surface area contributed by atoms with Crippen LogP contribution in [0.2, 0.25) is 0 Å². The van der Waals surface area contributed by atoms with Crippen LogP contribution < -0.4 is 14.8 Å². The van der Waals surface area contributed by atoms with Crippen LogP contribution in [0.25, 0.3) is 0 Å². The normalized spacial score (nSPS) is 16.1. The Balaban J connectivity index is 1.48. The van der Waals surface area contributed by atoms with Gasteiger partial charge in [0.2, 0.25) is 15.9 Å². The molecule has 2 aromatic carbocycles. The fraction of sp³-hybridized carbons (Fsp3) is 0.350. The number of hydrogen-bond acceptors (Lipinski definition) is 5. The summed E-state index contributed by atoms with van der Waals surface area (Å²) < 4.78 is 68.0. The number of amides is 1. The van der Waals surface area contributed by atoms with Gasteiger partial charge in [-0.1, -0.05) is 18.2 Å². The molecule has 0 aromatic heterocycles. The standard InChI is InChI=1S/C20H22F3N3O4S/c21-20(22,23)30-17-6-8-18(9-7-17)31(28,29)25-16-10-12-26(13-11-16)14-19(27)24-15-4-2-1-3-5-15/h1-9,16,25H,10-14H2,(H,24,27). The predicted octanol–water partition coefficient (Wildman–Crippen LogP) is 2.97. The maximum absolute atomic E-state index is 12.5. The number of sulfonamides is 1. The number of nitrogens with one attached hydrogen (secondary N) is 2. The second-order valence-electron chi connectivity index (χ2n) is 7.11. The quantitative estimate of drug-likeness (QED) is 0.668. The van der Waals surface area contributed by atoms with Crippen LogP contribution in [-0.4, -0.2) is 51.3 Å². The van der Waals surface area contributed by atoms with E-state index in [9.17, 15) is 26.4 Å². The number of halogens is 3. The zero-order valence-corrected chi connectivity index (χ0v) is 17.2. The Morgan fingerprint density at radius 1 is 1.03 bits per heavy atom. The van der Waals surface area contributed by atoms with Crippen molar-refractivity contribution in [2.24, 2.45) is 0 Å². The van der Waals surface area contributed by atoms with Gasteiger partial charge >= 0.3 is 6.36 Å². The van der Waals surface area contributed by atoms with Crippen LogP contribution >= 0.6 is 0 Å². The summed E-state index contributed by atoms with van der Waals surface area (Å²) in [4.78, 5) is 13.9. The van der Waals surface area contributed by atoms with E-state index < -0.39 is 22.1 Å². The van der Waals surface area contributed by atoms with Gasteiger partial charge in [0.05, 0.1) is 11.4 Å². The first-order valence-corrected chi connectivity index (χ1v) is 11.0. The molecule has 7 nitrogen and oxygen atoms in total. The van der Waals surface area contributed by atoms with Crippen LogP contribution in [-0.2, 0) is 14.8 Å². The summed E-state index contributed by atoms with van der Waals surface area (Å²) in [5, 5.41) is 2.81. The molecule has 31 heavy (non-hydrogen) atoms. The fourth-order valence-electron chi connectivity index (χ4n) is 3.24. The molecule has 1 amide bonds. The van der Waals surface area contributed by atoms with Gasteiger partial charge in [-0.3, -0.25) is 9.69 Å². The highest BCUT2D eigenvalue weighted by Crippen LogP contribution is 2.24. The number of benzene rings is 2. The first kappa shape index (κ1) is 23.0. The first-order chi connectivity index (χ1) is 14.6. The molecule has 1 heterocycles. The third-order valence-corrected chi connectivity index (χ3v) is 6.24. The Morgan fingerprint density at radius 2 is 1.65 bits per heavy atom. The van der Waals surface area contributed by atoms with E-state index in [1.165, 1.54) is 0 Å². The Bertz CT molecular complexity index is 975. The topological polar surface area (TPSA) is 87.7 Å². The Morgan fingerprint density at radius 3 is 2.23 bits per heavy atom. The van der Waals surface area contributed by atoms with Crippen LogP contribution in [0, 0.1) is 0 Å². The van der Waals surface area contributed by atoms with Gasteiger partial charge in [-0.25, -0.2) is 13.1 Å². The lowest BCUT2D eigenvalue weighted by Gasteiger charge is -2.31. The molecule has 0 spiro atoms. The van der Waals surface area contributed by atoms with Gasteiger partial charge in [0.25, 0.3) is 0 Å². The van der Waals surface area contributed by atoms with E-state index in [2.05, 4.69) is 14.8 Å². The number of nitrogens with zero attached hydrogens (tertiary/aromatic N) is 1. The van der Waals surface area contributed by atoms with Crippen molar-refractivity contribution >= 4 is 21.6 Å². The molecule has 1 saturated heterocycles. The second kappa shape index (κ2) is 9.67. The molecule has 168 valence electrons.